The fourth-order valence-electron chi connectivity index (χ4n) is 3.66. The maximum absolute atomic E-state index is 12.5. The van der Waals surface area contributed by atoms with Crippen molar-refractivity contribution in [1.29, 1.82) is 0 Å². The summed E-state index contributed by atoms with van der Waals surface area (Å²) in [6.45, 7) is 7.99. The Hall–Kier alpha value is -2.26. The monoisotopic (exact) mass is 328 g/mol. The molecule has 2 unspecified atom stereocenters. The van der Waals surface area contributed by atoms with Crippen LogP contribution in [0.4, 0.5) is 0 Å². The van der Waals surface area contributed by atoms with Gasteiger partial charge in [0.1, 0.15) is 0 Å². The predicted molar refractivity (Wildman–Crippen MR) is 90.9 cm³/mol. The molecular weight excluding hydrogens is 304 g/mol. The Morgan fingerprint density at radius 3 is 2.50 bits per heavy atom. The van der Waals surface area contributed by atoms with E-state index in [-0.39, 0.29) is 24.4 Å². The molecule has 0 bridgehead atoms. The molecule has 128 valence electrons. The van der Waals surface area contributed by atoms with Crippen molar-refractivity contribution >= 4 is 17.5 Å². The molecular formula is C19H24N2O3. The van der Waals surface area contributed by atoms with E-state index in [4.69, 9.17) is 10.3 Å². The molecule has 1 aliphatic carbocycles. The highest BCUT2D eigenvalue weighted by Crippen LogP contribution is 2.51. The van der Waals surface area contributed by atoms with E-state index in [9.17, 15) is 9.59 Å². The summed E-state index contributed by atoms with van der Waals surface area (Å²) in [7, 11) is 0. The highest BCUT2D eigenvalue weighted by molar-refractivity contribution is 6.62. The lowest BCUT2D eigenvalue weighted by atomic mass is 9.72. The number of carbonyl (C=O) groups excluding carboxylic acids is 2. The van der Waals surface area contributed by atoms with Gasteiger partial charge in [-0.1, -0.05) is 45.0 Å². The van der Waals surface area contributed by atoms with Gasteiger partial charge in [0.25, 0.3) is 5.78 Å². The minimum atomic E-state index is -0.874. The lowest BCUT2D eigenvalue weighted by Gasteiger charge is -2.31. The molecule has 0 aliphatic heterocycles. The molecule has 24 heavy (non-hydrogen) atoms. The van der Waals surface area contributed by atoms with Gasteiger partial charge >= 0.3 is 11.7 Å². The van der Waals surface area contributed by atoms with Crippen molar-refractivity contribution in [2.75, 3.05) is 6.61 Å². The Bertz CT molecular complexity index is 702. The quantitative estimate of drug-likeness (QED) is 0.263. The summed E-state index contributed by atoms with van der Waals surface area (Å²) in [5, 5.41) is 0. The van der Waals surface area contributed by atoms with E-state index >= 15 is 0 Å². The van der Waals surface area contributed by atoms with E-state index in [0.717, 1.165) is 6.42 Å². The zero-order chi connectivity index (χ0) is 17.9. The number of rotatable bonds is 6. The van der Waals surface area contributed by atoms with Crippen molar-refractivity contribution in [2.24, 2.45) is 5.41 Å². The van der Waals surface area contributed by atoms with Crippen LogP contribution in [0.5, 0.6) is 0 Å². The molecule has 5 heteroatoms. The van der Waals surface area contributed by atoms with Crippen molar-refractivity contribution < 1.29 is 19.1 Å². The zero-order valence-electron chi connectivity index (χ0n) is 14.7. The number of ether oxygens (including phenoxy) is 1. The average Bonchev–Trinajstić information content (AvgIpc) is 2.86. The Morgan fingerprint density at radius 1 is 1.29 bits per heavy atom. The maximum Gasteiger partial charge on any atom is 0.441 e. The summed E-state index contributed by atoms with van der Waals surface area (Å²) in [6, 6.07) is 8.30. The summed E-state index contributed by atoms with van der Waals surface area (Å²) in [5.74, 6) is -0.703. The Morgan fingerprint density at radius 2 is 1.92 bits per heavy atom. The van der Waals surface area contributed by atoms with E-state index in [2.05, 4.69) is 23.8 Å². The lowest BCUT2D eigenvalue weighted by molar-refractivity contribution is -0.142. The van der Waals surface area contributed by atoms with Crippen molar-refractivity contribution in [2.45, 2.75) is 52.4 Å². The van der Waals surface area contributed by atoms with Crippen LogP contribution in [0.15, 0.2) is 24.3 Å². The lowest BCUT2D eigenvalue weighted by Crippen LogP contribution is -2.33. The first-order chi connectivity index (χ1) is 11.3. The summed E-state index contributed by atoms with van der Waals surface area (Å²) in [6.07, 6.45) is 1.08. The van der Waals surface area contributed by atoms with Crippen LogP contribution in [-0.2, 0) is 14.3 Å². The first-order valence-electron chi connectivity index (χ1n) is 8.33. The molecule has 0 amide bonds. The highest BCUT2D eigenvalue weighted by atomic mass is 16.5. The highest BCUT2D eigenvalue weighted by Gasteiger charge is 2.42. The van der Waals surface area contributed by atoms with E-state index < -0.39 is 17.5 Å². The second-order valence-corrected chi connectivity index (χ2v) is 7.08. The van der Waals surface area contributed by atoms with Gasteiger partial charge in [0, 0.05) is 6.42 Å². The van der Waals surface area contributed by atoms with Crippen molar-refractivity contribution in [3.05, 3.63) is 40.9 Å². The summed E-state index contributed by atoms with van der Waals surface area (Å²) >= 11 is 0. The van der Waals surface area contributed by atoms with Gasteiger partial charge in [0.15, 0.2) is 0 Å². The fraction of sp³-hybridized carbons (Fsp3) is 0.526. The molecule has 1 aliphatic rings. The van der Waals surface area contributed by atoms with Crippen LogP contribution in [0.25, 0.3) is 5.53 Å². The molecule has 2 atom stereocenters. The van der Waals surface area contributed by atoms with E-state index in [1.165, 1.54) is 11.1 Å². The van der Waals surface area contributed by atoms with Gasteiger partial charge in [-0.05, 0) is 41.7 Å². The van der Waals surface area contributed by atoms with Crippen molar-refractivity contribution in [1.82, 2.24) is 0 Å². The molecule has 0 saturated carbocycles. The molecule has 0 saturated heterocycles. The third kappa shape index (κ3) is 3.46. The van der Waals surface area contributed by atoms with Gasteiger partial charge < -0.3 is 10.3 Å². The fourth-order valence-corrected chi connectivity index (χ4v) is 3.66. The molecule has 5 nitrogen and oxygen atoms in total. The Labute approximate surface area is 142 Å². The van der Waals surface area contributed by atoms with E-state index in [1.54, 1.807) is 6.92 Å². The maximum atomic E-state index is 12.5. The van der Waals surface area contributed by atoms with Crippen LogP contribution in [-0.4, -0.2) is 28.9 Å². The SMILES string of the molecule is CCOC(=O)C(=[N+]=[N-])C(=O)CC(C)(C)C1CC(C)c2ccccc21. The Balaban J connectivity index is 2.21. The van der Waals surface area contributed by atoms with Crippen molar-refractivity contribution in [3.8, 4) is 0 Å². The van der Waals surface area contributed by atoms with Gasteiger partial charge in [-0.15, -0.1) is 0 Å². The first-order valence-corrected chi connectivity index (χ1v) is 8.33. The molecule has 1 aromatic carbocycles. The number of fused-ring (bicyclic) bond motifs is 1. The van der Waals surface area contributed by atoms with E-state index in [1.807, 2.05) is 26.0 Å². The third-order valence-corrected chi connectivity index (χ3v) is 4.88. The predicted octanol–water partition coefficient (Wildman–Crippen LogP) is 3.50. The summed E-state index contributed by atoms with van der Waals surface area (Å²) in [4.78, 5) is 27.1. The van der Waals surface area contributed by atoms with Gasteiger partial charge in [0.2, 0.25) is 0 Å². The first kappa shape index (κ1) is 18.1. The van der Waals surface area contributed by atoms with Gasteiger partial charge in [-0.2, -0.15) is 4.79 Å². The van der Waals surface area contributed by atoms with Crippen molar-refractivity contribution in [3.63, 3.8) is 0 Å². The number of carbonyl (C=O) groups is 2. The normalized spacial score (nSPS) is 19.3. The standard InChI is InChI=1S/C19H24N2O3/c1-5-24-18(23)17(21-20)16(22)11-19(3,4)15-10-12(2)13-8-6-7-9-14(13)15/h6-9,12,15H,5,10-11H2,1-4H3. The van der Waals surface area contributed by atoms with Crippen LogP contribution in [0.3, 0.4) is 0 Å². The van der Waals surface area contributed by atoms with Crippen LogP contribution in [0.1, 0.15) is 63.5 Å². The third-order valence-electron chi connectivity index (χ3n) is 4.88. The molecule has 1 aromatic rings. The molecule has 0 N–H and O–H groups in total. The number of benzene rings is 1. The van der Waals surface area contributed by atoms with Gasteiger partial charge in [-0.3, -0.25) is 4.79 Å². The summed E-state index contributed by atoms with van der Waals surface area (Å²) in [5.41, 5.74) is 10.7. The van der Waals surface area contributed by atoms with E-state index in [0.29, 0.717) is 5.92 Å². The summed E-state index contributed by atoms with van der Waals surface area (Å²) < 4.78 is 4.78. The molecule has 2 rings (SSSR count). The average molecular weight is 328 g/mol. The molecule has 0 aromatic heterocycles. The van der Waals surface area contributed by atoms with Gasteiger partial charge in [-0.25, -0.2) is 4.79 Å². The smallest absolute Gasteiger partial charge is 0.441 e. The number of ketones is 1. The minimum Gasteiger partial charge on any atom is -0.457 e. The second-order valence-electron chi connectivity index (χ2n) is 7.08. The number of Topliss-reactive ketones (excluding diaryl/α,β-unsaturated/α-hetero) is 1. The van der Waals surface area contributed by atoms with Crippen LogP contribution >= 0.6 is 0 Å². The van der Waals surface area contributed by atoms with Crippen LogP contribution in [0.2, 0.25) is 0 Å². The number of nitrogens with zero attached hydrogens (tertiary/aromatic N) is 2. The second kappa shape index (κ2) is 7.10. The Kier molecular flexibility index (Phi) is 5.35. The minimum absolute atomic E-state index is 0.122. The van der Waals surface area contributed by atoms with Gasteiger partial charge in [0.05, 0.1) is 6.61 Å². The topological polar surface area (TPSA) is 79.8 Å². The molecule has 0 heterocycles. The molecule has 0 spiro atoms. The number of hydrogen-bond acceptors (Lipinski definition) is 3. The zero-order valence-corrected chi connectivity index (χ0v) is 14.7. The van der Waals surface area contributed by atoms with Crippen LogP contribution < -0.4 is 0 Å². The molecule has 0 radical (unpaired) electrons. The largest absolute Gasteiger partial charge is 0.457 e. The molecule has 0 fully saturated rings. The number of esters is 1. The van der Waals surface area contributed by atoms with Crippen LogP contribution in [0, 0.1) is 5.41 Å². The number of hydrogen-bond donors (Lipinski definition) is 0.